The smallest absolute Gasteiger partial charge is 0.258 e. The first-order valence-electron chi connectivity index (χ1n) is 8.30. The van der Waals surface area contributed by atoms with Crippen molar-refractivity contribution in [3.8, 4) is 0 Å². The first-order valence-corrected chi connectivity index (χ1v) is 8.30. The molecule has 24 heavy (non-hydrogen) atoms. The second-order valence-electron chi connectivity index (χ2n) is 6.47. The Morgan fingerprint density at radius 3 is 2.79 bits per heavy atom. The molecule has 4 rings (SSSR count). The van der Waals surface area contributed by atoms with Gasteiger partial charge in [-0.25, -0.2) is 9.97 Å². The highest BCUT2D eigenvalue weighted by atomic mass is 16.1. The van der Waals surface area contributed by atoms with E-state index in [4.69, 9.17) is 0 Å². The number of benzene rings is 1. The van der Waals surface area contributed by atoms with E-state index in [1.54, 1.807) is 6.07 Å². The molecule has 2 aromatic heterocycles. The molecule has 1 N–H and O–H groups in total. The molecule has 3 heterocycles. The van der Waals surface area contributed by atoms with E-state index < -0.39 is 0 Å². The van der Waals surface area contributed by atoms with Crippen molar-refractivity contribution >= 4 is 10.9 Å². The minimum absolute atomic E-state index is 0.0355. The number of aromatic nitrogens is 4. The van der Waals surface area contributed by atoms with Crippen LogP contribution in [0.15, 0.2) is 29.1 Å². The van der Waals surface area contributed by atoms with E-state index in [-0.39, 0.29) is 11.6 Å². The Morgan fingerprint density at radius 1 is 1.17 bits per heavy atom. The molecule has 0 fully saturated rings. The Labute approximate surface area is 140 Å². The van der Waals surface area contributed by atoms with E-state index in [2.05, 4.69) is 45.2 Å². The van der Waals surface area contributed by atoms with E-state index >= 15 is 0 Å². The summed E-state index contributed by atoms with van der Waals surface area (Å²) in [5, 5.41) is 0.633. The maximum atomic E-state index is 12.3. The van der Waals surface area contributed by atoms with Gasteiger partial charge in [0.2, 0.25) is 0 Å². The third-order valence-electron chi connectivity index (χ3n) is 5.07. The Hall–Kier alpha value is -2.47. The van der Waals surface area contributed by atoms with Crippen molar-refractivity contribution in [1.29, 1.82) is 0 Å². The summed E-state index contributed by atoms with van der Waals surface area (Å²) >= 11 is 0. The quantitative estimate of drug-likeness (QED) is 0.786. The molecule has 1 unspecified atom stereocenters. The number of aryl methyl sites for hydroxylation is 1. The first kappa shape index (κ1) is 15.1. The van der Waals surface area contributed by atoms with Gasteiger partial charge in [0.1, 0.15) is 11.6 Å². The number of hydrogen-bond donors (Lipinski definition) is 1. The predicted molar refractivity (Wildman–Crippen MR) is 92.9 cm³/mol. The second-order valence-corrected chi connectivity index (χ2v) is 6.47. The SMILES string of the molecule is Cc1nc2n(c1C)CCN(C(C)c1nc3ccccc3c(=O)[nH]1)C2. The molecule has 3 aromatic rings. The number of aromatic amines is 1. The number of para-hydroxylation sites is 1. The molecule has 6 nitrogen and oxygen atoms in total. The first-order chi connectivity index (χ1) is 11.5. The van der Waals surface area contributed by atoms with E-state index in [0.29, 0.717) is 11.2 Å². The fraction of sp³-hybridized carbons (Fsp3) is 0.389. The summed E-state index contributed by atoms with van der Waals surface area (Å²) in [6.45, 7) is 8.87. The van der Waals surface area contributed by atoms with Crippen LogP contribution in [0.1, 0.15) is 36.0 Å². The van der Waals surface area contributed by atoms with Crippen molar-refractivity contribution in [2.75, 3.05) is 6.54 Å². The van der Waals surface area contributed by atoms with Crippen molar-refractivity contribution in [2.24, 2.45) is 0 Å². The standard InChI is InChI=1S/C18H21N5O/c1-11-12(2)23-9-8-22(10-16(23)19-11)13(3)17-20-15-7-5-4-6-14(15)18(24)21-17/h4-7,13H,8-10H2,1-3H3,(H,20,21,24). The van der Waals surface area contributed by atoms with Crippen molar-refractivity contribution in [3.63, 3.8) is 0 Å². The molecular formula is C18H21N5O. The lowest BCUT2D eigenvalue weighted by molar-refractivity contribution is 0.157. The van der Waals surface area contributed by atoms with Crippen LogP contribution in [0, 0.1) is 13.8 Å². The fourth-order valence-corrected chi connectivity index (χ4v) is 3.44. The van der Waals surface area contributed by atoms with Crippen molar-refractivity contribution in [2.45, 2.75) is 39.9 Å². The summed E-state index contributed by atoms with van der Waals surface area (Å²) in [5.41, 5.74) is 3.01. The number of hydrogen-bond acceptors (Lipinski definition) is 4. The fourth-order valence-electron chi connectivity index (χ4n) is 3.44. The molecule has 1 aliphatic heterocycles. The van der Waals surface area contributed by atoms with Crippen LogP contribution >= 0.6 is 0 Å². The van der Waals surface area contributed by atoms with Gasteiger partial charge in [0, 0.05) is 18.8 Å². The number of nitrogens with zero attached hydrogens (tertiary/aromatic N) is 4. The number of H-pyrrole nitrogens is 1. The van der Waals surface area contributed by atoms with Gasteiger partial charge in [-0.15, -0.1) is 0 Å². The number of imidazole rings is 1. The van der Waals surface area contributed by atoms with Gasteiger partial charge in [0.15, 0.2) is 0 Å². The minimum Gasteiger partial charge on any atom is -0.330 e. The summed E-state index contributed by atoms with van der Waals surface area (Å²) < 4.78 is 2.29. The third-order valence-corrected chi connectivity index (χ3v) is 5.07. The van der Waals surface area contributed by atoms with E-state index in [1.807, 2.05) is 18.2 Å². The molecule has 1 atom stereocenters. The summed E-state index contributed by atoms with van der Waals surface area (Å²) in [6, 6.07) is 7.49. The zero-order valence-corrected chi connectivity index (χ0v) is 14.2. The average molecular weight is 323 g/mol. The molecule has 1 aromatic carbocycles. The Bertz CT molecular complexity index is 971. The molecule has 0 saturated heterocycles. The molecule has 1 aliphatic rings. The Morgan fingerprint density at radius 2 is 1.96 bits per heavy atom. The molecule has 0 spiro atoms. The van der Waals surface area contributed by atoms with Crippen LogP contribution in [0.3, 0.4) is 0 Å². The largest absolute Gasteiger partial charge is 0.330 e. The van der Waals surface area contributed by atoms with Crippen LogP contribution in [0.4, 0.5) is 0 Å². The maximum Gasteiger partial charge on any atom is 0.258 e. The zero-order chi connectivity index (χ0) is 16.8. The van der Waals surface area contributed by atoms with Gasteiger partial charge in [0.05, 0.1) is 29.2 Å². The highest BCUT2D eigenvalue weighted by Crippen LogP contribution is 2.24. The van der Waals surface area contributed by atoms with Gasteiger partial charge in [-0.05, 0) is 32.9 Å². The number of rotatable bonds is 2. The van der Waals surface area contributed by atoms with Crippen LogP contribution in [0.5, 0.6) is 0 Å². The lowest BCUT2D eigenvalue weighted by Crippen LogP contribution is -2.37. The number of fused-ring (bicyclic) bond motifs is 2. The van der Waals surface area contributed by atoms with Gasteiger partial charge in [0.25, 0.3) is 5.56 Å². The highest BCUT2D eigenvalue weighted by molar-refractivity contribution is 5.77. The summed E-state index contributed by atoms with van der Waals surface area (Å²) in [4.78, 5) is 26.9. The van der Waals surface area contributed by atoms with Crippen LogP contribution in [0.25, 0.3) is 10.9 Å². The molecule has 0 aliphatic carbocycles. The van der Waals surface area contributed by atoms with Crippen LogP contribution in [0.2, 0.25) is 0 Å². The molecule has 124 valence electrons. The molecule has 0 bridgehead atoms. The summed E-state index contributed by atoms with van der Waals surface area (Å²) in [5.74, 6) is 1.80. The van der Waals surface area contributed by atoms with Crippen molar-refractivity contribution in [1.82, 2.24) is 24.4 Å². The molecule has 0 saturated carbocycles. The van der Waals surface area contributed by atoms with Crippen LogP contribution in [-0.2, 0) is 13.1 Å². The van der Waals surface area contributed by atoms with Gasteiger partial charge in [-0.3, -0.25) is 9.69 Å². The molecular weight excluding hydrogens is 302 g/mol. The molecule has 0 amide bonds. The van der Waals surface area contributed by atoms with Gasteiger partial charge < -0.3 is 9.55 Å². The lowest BCUT2D eigenvalue weighted by atomic mass is 10.2. The molecule has 0 radical (unpaired) electrons. The lowest BCUT2D eigenvalue weighted by Gasteiger charge is -2.32. The minimum atomic E-state index is -0.0763. The van der Waals surface area contributed by atoms with Crippen molar-refractivity contribution < 1.29 is 0 Å². The zero-order valence-electron chi connectivity index (χ0n) is 14.2. The monoisotopic (exact) mass is 323 g/mol. The van der Waals surface area contributed by atoms with Gasteiger partial charge in [-0.2, -0.15) is 0 Å². The second kappa shape index (κ2) is 5.56. The number of nitrogens with one attached hydrogen (secondary N) is 1. The topological polar surface area (TPSA) is 66.8 Å². The Kier molecular flexibility index (Phi) is 3.49. The third kappa shape index (κ3) is 2.34. The normalized spacial score (nSPS) is 16.3. The average Bonchev–Trinajstić information content (AvgIpc) is 2.88. The molecule has 6 heteroatoms. The van der Waals surface area contributed by atoms with E-state index in [1.165, 1.54) is 5.69 Å². The van der Waals surface area contributed by atoms with Crippen LogP contribution < -0.4 is 5.56 Å². The van der Waals surface area contributed by atoms with Gasteiger partial charge >= 0.3 is 0 Å². The van der Waals surface area contributed by atoms with Gasteiger partial charge in [-0.1, -0.05) is 12.1 Å². The van der Waals surface area contributed by atoms with Crippen molar-refractivity contribution in [3.05, 3.63) is 57.7 Å². The summed E-state index contributed by atoms with van der Waals surface area (Å²) in [7, 11) is 0. The summed E-state index contributed by atoms with van der Waals surface area (Å²) in [6.07, 6.45) is 0. The highest BCUT2D eigenvalue weighted by Gasteiger charge is 2.26. The predicted octanol–water partition coefficient (Wildman–Crippen LogP) is 2.31. The Balaban J connectivity index is 1.67. The van der Waals surface area contributed by atoms with Crippen LogP contribution in [-0.4, -0.2) is 31.0 Å². The van der Waals surface area contributed by atoms with E-state index in [0.717, 1.165) is 36.7 Å². The van der Waals surface area contributed by atoms with E-state index in [9.17, 15) is 4.79 Å². The maximum absolute atomic E-state index is 12.3.